The Hall–Kier alpha value is -3.28. The Morgan fingerprint density at radius 2 is 1.83 bits per heavy atom. The molecule has 2 aromatic rings. The summed E-state index contributed by atoms with van der Waals surface area (Å²) >= 11 is 0. The molecule has 2 rings (SSSR count). The number of hydrogen-bond donors (Lipinski definition) is 3. The number of hydrogen-bond acceptors (Lipinski definition) is 4. The van der Waals surface area contributed by atoms with E-state index in [1.165, 1.54) is 19.3 Å². The first kappa shape index (κ1) is 18.8. The number of nitrogens with two attached hydrogens (primary N) is 1. The van der Waals surface area contributed by atoms with Crippen molar-refractivity contribution in [2.24, 2.45) is 5.73 Å². The first-order valence-corrected chi connectivity index (χ1v) is 7.02. The highest BCUT2D eigenvalue weighted by atomic mass is 16.5. The van der Waals surface area contributed by atoms with Gasteiger partial charge < -0.3 is 20.7 Å². The van der Waals surface area contributed by atoms with E-state index in [1.807, 2.05) is 30.3 Å². The number of rotatable bonds is 5. The summed E-state index contributed by atoms with van der Waals surface area (Å²) in [5.74, 6) is -0.958. The molecular formula is C18H19NO5. The first-order valence-electron chi connectivity index (χ1n) is 7.02. The lowest BCUT2D eigenvalue weighted by molar-refractivity contribution is -0.131. The molecule has 24 heavy (non-hydrogen) atoms. The minimum Gasteiger partial charge on any atom is -0.504 e. The van der Waals surface area contributed by atoms with Gasteiger partial charge >= 0.3 is 5.97 Å². The molecule has 0 aromatic heterocycles. The van der Waals surface area contributed by atoms with Crippen molar-refractivity contribution < 1.29 is 24.5 Å². The molecule has 0 saturated carbocycles. The second kappa shape index (κ2) is 9.68. The van der Waals surface area contributed by atoms with E-state index >= 15 is 0 Å². The predicted molar refractivity (Wildman–Crippen MR) is 90.7 cm³/mol. The second-order valence-electron chi connectivity index (χ2n) is 4.73. The van der Waals surface area contributed by atoms with E-state index in [-0.39, 0.29) is 11.7 Å². The number of amides is 1. The summed E-state index contributed by atoms with van der Waals surface area (Å²) in [6.07, 6.45) is 2.77. The lowest BCUT2D eigenvalue weighted by Gasteiger charge is -2.03. The molecule has 0 bridgehead atoms. The molecule has 0 aliphatic heterocycles. The van der Waals surface area contributed by atoms with Crippen molar-refractivity contribution in [1.82, 2.24) is 0 Å². The van der Waals surface area contributed by atoms with Gasteiger partial charge in [0.25, 0.3) is 0 Å². The van der Waals surface area contributed by atoms with Gasteiger partial charge in [0.05, 0.1) is 13.5 Å². The maximum Gasteiger partial charge on any atom is 0.328 e. The summed E-state index contributed by atoms with van der Waals surface area (Å²) < 4.78 is 4.86. The van der Waals surface area contributed by atoms with Crippen LogP contribution in [-0.4, -0.2) is 29.2 Å². The quantitative estimate of drug-likeness (QED) is 0.729. The molecule has 2 aromatic carbocycles. The van der Waals surface area contributed by atoms with Crippen molar-refractivity contribution in [2.75, 3.05) is 7.11 Å². The van der Waals surface area contributed by atoms with E-state index in [4.69, 9.17) is 15.6 Å². The Kier molecular flexibility index (Phi) is 7.57. The average Bonchev–Trinajstić information content (AvgIpc) is 2.55. The molecular weight excluding hydrogens is 310 g/mol. The summed E-state index contributed by atoms with van der Waals surface area (Å²) in [4.78, 5) is 20.6. The van der Waals surface area contributed by atoms with E-state index in [9.17, 15) is 14.7 Å². The van der Waals surface area contributed by atoms with Crippen LogP contribution in [0, 0.1) is 0 Å². The van der Waals surface area contributed by atoms with Crippen LogP contribution in [0.1, 0.15) is 11.1 Å². The Labute approximate surface area is 139 Å². The summed E-state index contributed by atoms with van der Waals surface area (Å²) in [6.45, 7) is 0. The van der Waals surface area contributed by atoms with Gasteiger partial charge in [-0.2, -0.15) is 0 Å². The highest BCUT2D eigenvalue weighted by molar-refractivity contribution is 5.85. The van der Waals surface area contributed by atoms with Crippen molar-refractivity contribution in [3.63, 3.8) is 0 Å². The van der Waals surface area contributed by atoms with Gasteiger partial charge in [-0.25, -0.2) is 4.79 Å². The number of carboxylic acid groups (broad SMARTS) is 1. The number of phenols is 1. The van der Waals surface area contributed by atoms with E-state index < -0.39 is 5.97 Å². The molecule has 0 saturated heterocycles. The molecule has 126 valence electrons. The maximum absolute atomic E-state index is 10.4. The number of benzene rings is 2. The lowest BCUT2D eigenvalue weighted by Crippen LogP contribution is -2.13. The number of carboxylic acids is 1. The van der Waals surface area contributed by atoms with Gasteiger partial charge in [0.2, 0.25) is 5.91 Å². The van der Waals surface area contributed by atoms with Crippen LogP contribution in [0.5, 0.6) is 11.5 Å². The van der Waals surface area contributed by atoms with Gasteiger partial charge in [0.15, 0.2) is 11.5 Å². The molecule has 6 heteroatoms. The van der Waals surface area contributed by atoms with Crippen LogP contribution in [0.2, 0.25) is 0 Å². The highest BCUT2D eigenvalue weighted by Gasteiger charge is 2.00. The molecule has 0 heterocycles. The van der Waals surface area contributed by atoms with E-state index in [2.05, 4.69) is 0 Å². The number of aromatic hydroxyl groups is 1. The summed E-state index contributed by atoms with van der Waals surface area (Å²) in [6, 6.07) is 14.0. The molecule has 0 atom stereocenters. The van der Waals surface area contributed by atoms with E-state index in [1.54, 1.807) is 12.1 Å². The lowest BCUT2D eigenvalue weighted by atomic mass is 10.1. The summed E-state index contributed by atoms with van der Waals surface area (Å²) in [7, 11) is 1.43. The normalized spacial score (nSPS) is 9.88. The minimum absolute atomic E-state index is 0.0278. The van der Waals surface area contributed by atoms with Crippen molar-refractivity contribution in [1.29, 1.82) is 0 Å². The topological polar surface area (TPSA) is 110 Å². The molecule has 0 unspecified atom stereocenters. The molecule has 4 N–H and O–H groups in total. The fourth-order valence-electron chi connectivity index (χ4n) is 1.76. The van der Waals surface area contributed by atoms with Gasteiger partial charge in [0, 0.05) is 6.08 Å². The number of carbonyl (C=O) groups excluding carboxylic acids is 1. The zero-order chi connectivity index (χ0) is 17.9. The fourth-order valence-corrected chi connectivity index (χ4v) is 1.76. The van der Waals surface area contributed by atoms with Crippen LogP contribution in [0.4, 0.5) is 0 Å². The van der Waals surface area contributed by atoms with E-state index in [0.717, 1.165) is 11.6 Å². The number of ether oxygens (including phenoxy) is 1. The van der Waals surface area contributed by atoms with Crippen LogP contribution < -0.4 is 10.5 Å². The Morgan fingerprint density at radius 1 is 1.17 bits per heavy atom. The zero-order valence-electron chi connectivity index (χ0n) is 13.2. The molecule has 1 amide bonds. The molecule has 0 fully saturated rings. The van der Waals surface area contributed by atoms with Crippen LogP contribution in [0.3, 0.4) is 0 Å². The van der Waals surface area contributed by atoms with Crippen molar-refractivity contribution in [2.45, 2.75) is 6.42 Å². The summed E-state index contributed by atoms with van der Waals surface area (Å²) in [5, 5.41) is 17.6. The monoisotopic (exact) mass is 329 g/mol. The van der Waals surface area contributed by atoms with Crippen LogP contribution in [-0.2, 0) is 16.0 Å². The molecule has 0 radical (unpaired) electrons. The van der Waals surface area contributed by atoms with Crippen LogP contribution in [0.15, 0.2) is 54.6 Å². The fraction of sp³-hybridized carbons (Fsp3) is 0.111. The minimum atomic E-state index is -1.02. The smallest absolute Gasteiger partial charge is 0.328 e. The third kappa shape index (κ3) is 7.13. The van der Waals surface area contributed by atoms with Gasteiger partial charge in [0.1, 0.15) is 0 Å². The Morgan fingerprint density at radius 3 is 2.38 bits per heavy atom. The Balaban J connectivity index is 0.000000254. The van der Waals surface area contributed by atoms with Crippen molar-refractivity contribution in [3.8, 4) is 11.5 Å². The predicted octanol–water partition coefficient (Wildman–Crippen LogP) is 2.21. The first-order chi connectivity index (χ1) is 11.4. The second-order valence-corrected chi connectivity index (χ2v) is 4.73. The summed E-state index contributed by atoms with van der Waals surface area (Å²) in [5.41, 5.74) is 6.61. The third-order valence-electron chi connectivity index (χ3n) is 2.84. The Bertz CT molecular complexity index is 711. The molecule has 0 spiro atoms. The number of methoxy groups -OCH3 is 1. The van der Waals surface area contributed by atoms with Gasteiger partial charge in [-0.1, -0.05) is 36.4 Å². The molecule has 0 aliphatic carbocycles. The zero-order valence-corrected chi connectivity index (χ0v) is 13.2. The number of carbonyl (C=O) groups is 2. The van der Waals surface area contributed by atoms with Crippen molar-refractivity contribution in [3.05, 3.63) is 65.7 Å². The van der Waals surface area contributed by atoms with Crippen LogP contribution >= 0.6 is 0 Å². The maximum atomic E-state index is 10.4. The standard InChI is InChI=1S/C10H10O4.C8H9NO/c1-14-9-6-7(2-4-8(9)11)3-5-10(12)13;9-8(10)6-7-4-2-1-3-5-7/h2-6,11H,1H3,(H,12,13);1-5H,6H2,(H2,9,10). The number of phenolic OH excluding ortho intramolecular Hbond substituents is 1. The van der Waals surface area contributed by atoms with Gasteiger partial charge in [-0.3, -0.25) is 4.79 Å². The van der Waals surface area contributed by atoms with Crippen molar-refractivity contribution >= 4 is 18.0 Å². The number of primary amides is 1. The largest absolute Gasteiger partial charge is 0.504 e. The average molecular weight is 329 g/mol. The third-order valence-corrected chi connectivity index (χ3v) is 2.84. The van der Waals surface area contributed by atoms with Gasteiger partial charge in [-0.05, 0) is 29.3 Å². The highest BCUT2D eigenvalue weighted by Crippen LogP contribution is 2.26. The van der Waals surface area contributed by atoms with Crippen LogP contribution in [0.25, 0.3) is 6.08 Å². The molecule has 0 aliphatic rings. The SMILES string of the molecule is COc1cc(C=CC(=O)O)ccc1O.NC(=O)Cc1ccccc1. The number of aliphatic carboxylic acids is 1. The van der Waals surface area contributed by atoms with E-state index in [0.29, 0.717) is 17.7 Å². The van der Waals surface area contributed by atoms with Gasteiger partial charge in [-0.15, -0.1) is 0 Å². The molecule has 6 nitrogen and oxygen atoms in total.